The number of hydrogen-bond donors (Lipinski definition) is 1. The molecular weight excluding hydrogens is 435 g/mol. The zero-order chi connectivity index (χ0) is 22.8. The predicted octanol–water partition coefficient (Wildman–Crippen LogP) is 3.56. The fourth-order valence-corrected chi connectivity index (χ4v) is 4.82. The van der Waals surface area contributed by atoms with Gasteiger partial charge in [0.05, 0.1) is 23.6 Å². The number of carbonyl (C=O) groups excluding carboxylic acids is 1. The van der Waals surface area contributed by atoms with Crippen LogP contribution in [0.4, 0.5) is 38.3 Å². The molecule has 0 saturated carbocycles. The van der Waals surface area contributed by atoms with Crippen molar-refractivity contribution in [2.75, 3.05) is 42.5 Å². The molecule has 2 fully saturated rings. The molecule has 0 radical (unpaired) electrons. The van der Waals surface area contributed by atoms with E-state index in [4.69, 9.17) is 0 Å². The van der Waals surface area contributed by atoms with Crippen LogP contribution in [0.25, 0.3) is 0 Å². The van der Waals surface area contributed by atoms with Gasteiger partial charge in [0.1, 0.15) is 17.5 Å². The molecule has 3 aliphatic heterocycles. The molecule has 3 aliphatic rings. The van der Waals surface area contributed by atoms with E-state index in [1.54, 1.807) is 11.0 Å². The Hall–Kier alpha value is -2.95. The Labute approximate surface area is 179 Å². The van der Waals surface area contributed by atoms with E-state index in [2.05, 4.69) is 4.98 Å². The van der Waals surface area contributed by atoms with E-state index in [9.17, 15) is 31.9 Å². The highest BCUT2D eigenvalue weighted by molar-refractivity contribution is 5.94. The fourth-order valence-electron chi connectivity index (χ4n) is 4.82. The number of alkyl halides is 3. The molecule has 2 amide bonds. The molecule has 11 heteroatoms. The van der Waals surface area contributed by atoms with Crippen LogP contribution < -0.4 is 9.80 Å². The summed E-state index contributed by atoms with van der Waals surface area (Å²) in [6.07, 6.45) is -5.23. The number of aromatic nitrogens is 1. The van der Waals surface area contributed by atoms with Gasteiger partial charge in [-0.2, -0.15) is 13.2 Å². The van der Waals surface area contributed by atoms with E-state index < -0.39 is 41.1 Å². The van der Waals surface area contributed by atoms with Crippen molar-refractivity contribution >= 4 is 17.5 Å². The Morgan fingerprint density at radius 3 is 2.44 bits per heavy atom. The molecule has 2 aromatic rings. The third-order valence-electron chi connectivity index (χ3n) is 6.35. The van der Waals surface area contributed by atoms with Crippen molar-refractivity contribution in [2.45, 2.75) is 18.7 Å². The predicted molar refractivity (Wildman–Crippen MR) is 104 cm³/mol. The molecule has 2 saturated heterocycles. The van der Waals surface area contributed by atoms with Gasteiger partial charge >= 0.3 is 12.2 Å². The summed E-state index contributed by atoms with van der Waals surface area (Å²) in [5.74, 6) is -1.31. The third-order valence-corrected chi connectivity index (χ3v) is 6.35. The van der Waals surface area contributed by atoms with Crippen LogP contribution in [0.15, 0.2) is 30.5 Å². The molecule has 6 nitrogen and oxygen atoms in total. The van der Waals surface area contributed by atoms with Crippen LogP contribution >= 0.6 is 0 Å². The van der Waals surface area contributed by atoms with Crippen molar-refractivity contribution in [1.82, 2.24) is 9.88 Å². The fraction of sp³-hybridized carbons (Fsp3) is 0.429. The summed E-state index contributed by atoms with van der Waals surface area (Å²) in [7, 11) is 0. The Kier molecular flexibility index (Phi) is 4.59. The van der Waals surface area contributed by atoms with Crippen molar-refractivity contribution in [2.24, 2.45) is 5.41 Å². The van der Waals surface area contributed by atoms with Crippen LogP contribution in [-0.2, 0) is 6.18 Å². The minimum atomic E-state index is -4.90. The minimum Gasteiger partial charge on any atom is -0.388 e. The van der Waals surface area contributed by atoms with E-state index in [0.717, 1.165) is 12.3 Å². The normalized spacial score (nSPS) is 21.8. The minimum absolute atomic E-state index is 0.0362. The Bertz CT molecular complexity index is 1060. The maximum absolute atomic E-state index is 14.6. The average Bonchev–Trinajstić information content (AvgIpc) is 2.66. The van der Waals surface area contributed by atoms with E-state index in [0.29, 0.717) is 38.1 Å². The van der Waals surface area contributed by atoms with Crippen molar-refractivity contribution in [3.05, 3.63) is 53.2 Å². The quantitative estimate of drug-likeness (QED) is 0.670. The zero-order valence-corrected chi connectivity index (χ0v) is 16.7. The summed E-state index contributed by atoms with van der Waals surface area (Å²) in [6.45, 7) is 2.26. The summed E-state index contributed by atoms with van der Waals surface area (Å²) in [4.78, 5) is 21.8. The smallest absolute Gasteiger partial charge is 0.388 e. The number of nitrogens with zero attached hydrogens (tertiary/aromatic N) is 4. The SMILES string of the molecule is O=C(N1CC2(C1)CN(c1ccc(F)cn1)C2)N1CCC(O)c2c1ccc(C(F)(F)F)c2F. The number of likely N-dealkylation sites (tertiary alicyclic amines) is 1. The lowest BCUT2D eigenvalue weighted by molar-refractivity contribution is -0.140. The standard InChI is InChI=1S/C21H19F5N4O2/c22-12-1-4-16(27-7-12)28-8-20(9-28)10-29(11-20)19(32)30-6-5-15(31)17-14(30)3-2-13(18(17)23)21(24,25)26/h1-4,7,15,31H,5-6,8-11H2. The van der Waals surface area contributed by atoms with Gasteiger partial charge in [0, 0.05) is 43.7 Å². The Morgan fingerprint density at radius 2 is 1.81 bits per heavy atom. The first-order valence-corrected chi connectivity index (χ1v) is 10.1. The van der Waals surface area contributed by atoms with E-state index in [1.807, 2.05) is 4.90 Å². The zero-order valence-electron chi connectivity index (χ0n) is 16.7. The monoisotopic (exact) mass is 454 g/mol. The molecule has 1 aromatic heterocycles. The first-order chi connectivity index (χ1) is 15.1. The topological polar surface area (TPSA) is 59.9 Å². The number of carbonyl (C=O) groups is 1. The molecule has 1 N–H and O–H groups in total. The molecule has 1 aromatic carbocycles. The maximum atomic E-state index is 14.6. The molecule has 0 aliphatic carbocycles. The van der Waals surface area contributed by atoms with Gasteiger partial charge in [0.15, 0.2) is 0 Å². The Morgan fingerprint density at radius 1 is 1.09 bits per heavy atom. The van der Waals surface area contributed by atoms with Crippen LogP contribution in [0.2, 0.25) is 0 Å². The highest BCUT2D eigenvalue weighted by Gasteiger charge is 2.54. The van der Waals surface area contributed by atoms with Crippen LogP contribution in [0.1, 0.15) is 23.7 Å². The second kappa shape index (κ2) is 7.03. The summed E-state index contributed by atoms with van der Waals surface area (Å²) < 4.78 is 66.8. The lowest BCUT2D eigenvalue weighted by Crippen LogP contribution is -2.74. The van der Waals surface area contributed by atoms with Gasteiger partial charge in [-0.25, -0.2) is 18.6 Å². The molecule has 1 atom stereocenters. The first kappa shape index (κ1) is 20.9. The highest BCUT2D eigenvalue weighted by atomic mass is 19.4. The molecule has 4 heterocycles. The van der Waals surface area contributed by atoms with E-state index >= 15 is 0 Å². The summed E-state index contributed by atoms with van der Waals surface area (Å²) in [5.41, 5.74) is -2.11. The van der Waals surface area contributed by atoms with E-state index in [-0.39, 0.29) is 24.1 Å². The van der Waals surface area contributed by atoms with Crippen LogP contribution in [0.3, 0.4) is 0 Å². The summed E-state index contributed by atoms with van der Waals surface area (Å²) in [6, 6.07) is 4.13. The third kappa shape index (κ3) is 3.26. The second-order valence-electron chi connectivity index (χ2n) is 8.64. The number of amides is 2. The molecule has 5 rings (SSSR count). The molecule has 1 spiro atoms. The van der Waals surface area contributed by atoms with Crippen molar-refractivity contribution in [1.29, 1.82) is 0 Å². The number of urea groups is 1. The number of aliphatic hydroxyl groups excluding tert-OH is 1. The molecule has 170 valence electrons. The lowest BCUT2D eigenvalue weighted by atomic mass is 9.73. The summed E-state index contributed by atoms with van der Waals surface area (Å²) >= 11 is 0. The molecule has 0 bridgehead atoms. The van der Waals surface area contributed by atoms with Gasteiger partial charge in [-0.15, -0.1) is 0 Å². The van der Waals surface area contributed by atoms with Gasteiger partial charge in [0.25, 0.3) is 0 Å². The number of fused-ring (bicyclic) bond motifs is 1. The summed E-state index contributed by atoms with van der Waals surface area (Å²) in [5, 5.41) is 10.1. The molecular formula is C21H19F5N4O2. The molecule has 1 unspecified atom stereocenters. The highest BCUT2D eigenvalue weighted by Crippen LogP contribution is 2.45. The van der Waals surface area contributed by atoms with Crippen molar-refractivity contribution in [3.63, 3.8) is 0 Å². The molecule has 32 heavy (non-hydrogen) atoms. The largest absolute Gasteiger partial charge is 0.419 e. The number of anilines is 2. The number of pyridine rings is 1. The lowest BCUT2D eigenvalue weighted by Gasteiger charge is -2.61. The van der Waals surface area contributed by atoms with Crippen molar-refractivity contribution in [3.8, 4) is 0 Å². The van der Waals surface area contributed by atoms with E-state index in [1.165, 1.54) is 11.0 Å². The number of hydrogen-bond acceptors (Lipinski definition) is 4. The first-order valence-electron chi connectivity index (χ1n) is 10.1. The number of halogens is 5. The van der Waals surface area contributed by atoms with Crippen LogP contribution in [0.5, 0.6) is 0 Å². The van der Waals surface area contributed by atoms with Crippen LogP contribution in [0, 0.1) is 17.0 Å². The number of benzene rings is 1. The van der Waals surface area contributed by atoms with Gasteiger partial charge in [0.2, 0.25) is 0 Å². The van der Waals surface area contributed by atoms with Gasteiger partial charge in [-0.05, 0) is 30.7 Å². The van der Waals surface area contributed by atoms with Gasteiger partial charge in [-0.3, -0.25) is 4.90 Å². The Balaban J connectivity index is 1.29. The second-order valence-corrected chi connectivity index (χ2v) is 8.64. The average molecular weight is 454 g/mol. The van der Waals surface area contributed by atoms with Gasteiger partial charge < -0.3 is 14.9 Å². The number of rotatable bonds is 1. The number of aliphatic hydroxyl groups is 1. The van der Waals surface area contributed by atoms with Gasteiger partial charge in [-0.1, -0.05) is 0 Å². The van der Waals surface area contributed by atoms with Crippen LogP contribution in [-0.4, -0.2) is 53.7 Å². The maximum Gasteiger partial charge on any atom is 0.419 e. The van der Waals surface area contributed by atoms with Crippen molar-refractivity contribution < 1.29 is 31.9 Å².